The second-order valence-electron chi connectivity index (χ2n) is 2.79. The van der Waals surface area contributed by atoms with Crippen molar-refractivity contribution in [2.45, 2.75) is 6.92 Å². The van der Waals surface area contributed by atoms with E-state index in [2.05, 4.69) is 0 Å². The molecule has 0 atom stereocenters. The van der Waals surface area contributed by atoms with Gasteiger partial charge in [-0.3, -0.25) is 14.5 Å². The average molecular weight is 180 g/mol. The Kier molecular flexibility index (Phi) is 2.97. The summed E-state index contributed by atoms with van der Waals surface area (Å²) in [5.41, 5.74) is 5.71. The van der Waals surface area contributed by atoms with Gasteiger partial charge in [-0.25, -0.2) is 0 Å². The van der Waals surface area contributed by atoms with E-state index in [-0.39, 0.29) is 11.8 Å². The number of carbonyl (C=O) groups excluding carboxylic acids is 2. The Morgan fingerprint density at radius 2 is 2.15 bits per heavy atom. The van der Waals surface area contributed by atoms with E-state index in [0.29, 0.717) is 18.7 Å². The van der Waals surface area contributed by atoms with Gasteiger partial charge in [0, 0.05) is 24.7 Å². The van der Waals surface area contributed by atoms with E-state index < -0.39 is 0 Å². The molecule has 0 aliphatic carbocycles. The molecule has 0 radical (unpaired) electrons. The SMILES string of the molecule is CC1=CC(=O)N(C/C=C/CN)C1=O. The molecule has 0 saturated carbocycles. The summed E-state index contributed by atoms with van der Waals surface area (Å²) in [6, 6.07) is 0. The van der Waals surface area contributed by atoms with Crippen LogP contribution in [0.3, 0.4) is 0 Å². The summed E-state index contributed by atoms with van der Waals surface area (Å²) in [6.45, 7) is 2.36. The van der Waals surface area contributed by atoms with Crippen LogP contribution in [0.5, 0.6) is 0 Å². The van der Waals surface area contributed by atoms with Crippen LogP contribution in [0.2, 0.25) is 0 Å². The number of nitrogens with two attached hydrogens (primary N) is 1. The minimum atomic E-state index is -0.246. The zero-order valence-corrected chi connectivity index (χ0v) is 7.49. The van der Waals surface area contributed by atoms with Crippen LogP contribution >= 0.6 is 0 Å². The van der Waals surface area contributed by atoms with E-state index >= 15 is 0 Å². The smallest absolute Gasteiger partial charge is 0.256 e. The van der Waals surface area contributed by atoms with Gasteiger partial charge in [-0.2, -0.15) is 0 Å². The molecule has 0 aromatic heterocycles. The van der Waals surface area contributed by atoms with Crippen LogP contribution in [0, 0.1) is 0 Å². The summed E-state index contributed by atoms with van der Waals surface area (Å²) in [4.78, 5) is 23.6. The van der Waals surface area contributed by atoms with Gasteiger partial charge in [0.2, 0.25) is 0 Å². The molecule has 0 spiro atoms. The van der Waals surface area contributed by atoms with Crippen LogP contribution < -0.4 is 5.73 Å². The summed E-state index contributed by atoms with van der Waals surface area (Å²) < 4.78 is 0. The first kappa shape index (κ1) is 9.67. The number of carbonyl (C=O) groups is 2. The van der Waals surface area contributed by atoms with Crippen LogP contribution in [0.15, 0.2) is 23.8 Å². The standard InChI is InChI=1S/C9H12N2O2/c1-7-6-8(12)11(9(7)13)5-3-2-4-10/h2-3,6H,4-5,10H2,1H3/b3-2+. The van der Waals surface area contributed by atoms with Crippen molar-refractivity contribution in [1.82, 2.24) is 4.90 Å². The lowest BCUT2D eigenvalue weighted by Gasteiger charge is -2.10. The first-order valence-electron chi connectivity index (χ1n) is 4.06. The molecule has 0 bridgehead atoms. The van der Waals surface area contributed by atoms with Crippen LogP contribution in [0.4, 0.5) is 0 Å². The third-order valence-corrected chi connectivity index (χ3v) is 1.78. The molecule has 2 amide bonds. The minimum absolute atomic E-state index is 0.216. The monoisotopic (exact) mass is 180 g/mol. The van der Waals surface area contributed by atoms with Crippen molar-refractivity contribution in [3.63, 3.8) is 0 Å². The van der Waals surface area contributed by atoms with Crippen molar-refractivity contribution >= 4 is 11.8 Å². The molecule has 1 aliphatic rings. The zero-order chi connectivity index (χ0) is 9.84. The van der Waals surface area contributed by atoms with Crippen LogP contribution in [0.1, 0.15) is 6.92 Å². The van der Waals surface area contributed by atoms with Gasteiger partial charge in [0.05, 0.1) is 0 Å². The second-order valence-corrected chi connectivity index (χ2v) is 2.79. The zero-order valence-electron chi connectivity index (χ0n) is 7.49. The Labute approximate surface area is 76.7 Å². The van der Waals surface area contributed by atoms with Crippen molar-refractivity contribution in [3.8, 4) is 0 Å². The molecular weight excluding hydrogens is 168 g/mol. The van der Waals surface area contributed by atoms with Gasteiger partial charge in [-0.15, -0.1) is 0 Å². The van der Waals surface area contributed by atoms with Crippen molar-refractivity contribution < 1.29 is 9.59 Å². The van der Waals surface area contributed by atoms with E-state index in [0.717, 1.165) is 0 Å². The highest BCUT2D eigenvalue weighted by Crippen LogP contribution is 2.10. The van der Waals surface area contributed by atoms with Gasteiger partial charge in [-0.05, 0) is 6.92 Å². The highest BCUT2D eigenvalue weighted by atomic mass is 16.2. The normalized spacial score (nSPS) is 17.4. The lowest BCUT2D eigenvalue weighted by atomic mass is 10.3. The van der Waals surface area contributed by atoms with Crippen LogP contribution in [-0.2, 0) is 9.59 Å². The summed E-state index contributed by atoms with van der Waals surface area (Å²) in [5, 5.41) is 0. The predicted molar refractivity (Wildman–Crippen MR) is 48.7 cm³/mol. The molecule has 13 heavy (non-hydrogen) atoms. The Balaban J connectivity index is 2.59. The van der Waals surface area contributed by atoms with Crippen molar-refractivity contribution in [2.75, 3.05) is 13.1 Å². The number of hydrogen-bond acceptors (Lipinski definition) is 3. The molecule has 0 unspecified atom stereocenters. The predicted octanol–water partition coefficient (Wildman–Crippen LogP) is -0.184. The lowest BCUT2D eigenvalue weighted by molar-refractivity contribution is -0.136. The third-order valence-electron chi connectivity index (χ3n) is 1.78. The van der Waals surface area contributed by atoms with Crippen LogP contribution in [0.25, 0.3) is 0 Å². The molecule has 2 N–H and O–H groups in total. The lowest BCUT2D eigenvalue weighted by Crippen LogP contribution is -2.30. The Bertz CT molecular complexity index is 292. The molecule has 1 heterocycles. The quantitative estimate of drug-likeness (QED) is 0.484. The van der Waals surface area contributed by atoms with Crippen molar-refractivity contribution in [3.05, 3.63) is 23.8 Å². The molecule has 0 aromatic rings. The summed E-state index contributed by atoms with van der Waals surface area (Å²) >= 11 is 0. The fraction of sp³-hybridized carbons (Fsp3) is 0.333. The largest absolute Gasteiger partial charge is 0.327 e. The summed E-state index contributed by atoms with van der Waals surface area (Å²) in [6.07, 6.45) is 4.77. The van der Waals surface area contributed by atoms with E-state index in [4.69, 9.17) is 5.73 Å². The van der Waals surface area contributed by atoms with Gasteiger partial charge >= 0.3 is 0 Å². The van der Waals surface area contributed by atoms with Crippen molar-refractivity contribution in [1.29, 1.82) is 0 Å². The van der Waals surface area contributed by atoms with Gasteiger partial charge in [0.25, 0.3) is 11.8 Å². The van der Waals surface area contributed by atoms with Gasteiger partial charge < -0.3 is 5.73 Å². The molecular formula is C9H12N2O2. The average Bonchev–Trinajstić information content (AvgIpc) is 2.32. The van der Waals surface area contributed by atoms with E-state index in [1.165, 1.54) is 11.0 Å². The third kappa shape index (κ3) is 2.03. The molecule has 70 valence electrons. The number of rotatable bonds is 3. The molecule has 4 heteroatoms. The van der Waals surface area contributed by atoms with Crippen molar-refractivity contribution in [2.24, 2.45) is 5.73 Å². The van der Waals surface area contributed by atoms with E-state index in [1.807, 2.05) is 0 Å². The summed E-state index contributed by atoms with van der Waals surface area (Å²) in [5.74, 6) is -0.462. The molecule has 0 aromatic carbocycles. The minimum Gasteiger partial charge on any atom is -0.327 e. The number of nitrogens with zero attached hydrogens (tertiary/aromatic N) is 1. The molecule has 0 fully saturated rings. The highest BCUT2D eigenvalue weighted by molar-refractivity contribution is 6.15. The number of amides is 2. The molecule has 0 saturated heterocycles. The van der Waals surface area contributed by atoms with Crippen LogP contribution in [-0.4, -0.2) is 29.8 Å². The maximum absolute atomic E-state index is 11.3. The van der Waals surface area contributed by atoms with E-state index in [1.54, 1.807) is 19.1 Å². The molecule has 4 nitrogen and oxygen atoms in total. The topological polar surface area (TPSA) is 63.4 Å². The van der Waals surface area contributed by atoms with Gasteiger partial charge in [0.1, 0.15) is 0 Å². The fourth-order valence-corrected chi connectivity index (χ4v) is 1.09. The molecule has 1 aliphatic heterocycles. The highest BCUT2D eigenvalue weighted by Gasteiger charge is 2.26. The Hall–Kier alpha value is -1.42. The second kappa shape index (κ2) is 4.00. The number of hydrogen-bond donors (Lipinski definition) is 1. The first-order chi connectivity index (χ1) is 6.16. The maximum atomic E-state index is 11.3. The number of imide groups is 1. The fourth-order valence-electron chi connectivity index (χ4n) is 1.09. The van der Waals surface area contributed by atoms with Gasteiger partial charge in [0.15, 0.2) is 0 Å². The first-order valence-corrected chi connectivity index (χ1v) is 4.06. The molecule has 1 rings (SSSR count). The maximum Gasteiger partial charge on any atom is 0.256 e. The Morgan fingerprint density at radius 1 is 1.46 bits per heavy atom. The van der Waals surface area contributed by atoms with E-state index in [9.17, 15) is 9.59 Å². The summed E-state index contributed by atoms with van der Waals surface area (Å²) in [7, 11) is 0. The Morgan fingerprint density at radius 3 is 2.62 bits per heavy atom. The van der Waals surface area contributed by atoms with Gasteiger partial charge in [-0.1, -0.05) is 12.2 Å².